The third kappa shape index (κ3) is 4.92. The molecule has 158 valence electrons. The molecule has 0 fully saturated rings. The van der Waals surface area contributed by atoms with Gasteiger partial charge in [-0.3, -0.25) is 4.79 Å². The summed E-state index contributed by atoms with van der Waals surface area (Å²) in [5, 5.41) is 8.55. The van der Waals surface area contributed by atoms with Crippen molar-refractivity contribution < 1.29 is 14.3 Å². The van der Waals surface area contributed by atoms with E-state index in [9.17, 15) is 4.79 Å². The fraction of sp³-hybridized carbons (Fsp3) is 0.174. The molecular weight excluding hydrogens is 394 g/mol. The Bertz CT molecular complexity index is 1120. The molecule has 0 aliphatic carbocycles. The molecule has 0 spiro atoms. The second-order valence-corrected chi connectivity index (χ2v) is 6.97. The van der Waals surface area contributed by atoms with Crippen LogP contribution in [0.5, 0.6) is 11.5 Å². The smallest absolute Gasteiger partial charge is 0.274 e. The normalized spacial score (nSPS) is 10.6. The van der Waals surface area contributed by atoms with E-state index in [1.807, 2.05) is 60.8 Å². The number of hydrogen-bond donors (Lipinski definition) is 0. The van der Waals surface area contributed by atoms with Gasteiger partial charge in [-0.15, -0.1) is 0 Å². The highest BCUT2D eigenvalue weighted by Gasteiger charge is 2.15. The maximum absolute atomic E-state index is 12.7. The van der Waals surface area contributed by atoms with Crippen LogP contribution in [-0.4, -0.2) is 44.5 Å². The Hall–Kier alpha value is -4.07. The van der Waals surface area contributed by atoms with Gasteiger partial charge in [-0.25, -0.2) is 9.36 Å². The number of ether oxygens (including phenoxy) is 2. The Kier molecular flexibility index (Phi) is 5.98. The molecule has 0 N–H and O–H groups in total. The van der Waals surface area contributed by atoms with E-state index in [4.69, 9.17) is 9.47 Å². The lowest BCUT2D eigenvalue weighted by atomic mass is 10.2. The zero-order valence-electron chi connectivity index (χ0n) is 17.4. The Morgan fingerprint density at radius 2 is 1.74 bits per heavy atom. The maximum atomic E-state index is 12.7. The number of amides is 1. The molecule has 4 aromatic rings. The average molecular weight is 417 g/mol. The van der Waals surface area contributed by atoms with Crippen molar-refractivity contribution in [2.75, 3.05) is 14.2 Å². The molecule has 0 bridgehead atoms. The van der Waals surface area contributed by atoms with E-state index in [-0.39, 0.29) is 12.6 Å². The monoisotopic (exact) mass is 417 g/mol. The summed E-state index contributed by atoms with van der Waals surface area (Å²) < 4.78 is 14.2. The van der Waals surface area contributed by atoms with Crippen molar-refractivity contribution in [2.45, 2.75) is 13.3 Å². The summed E-state index contributed by atoms with van der Waals surface area (Å²) in [6, 6.07) is 18.8. The third-order valence-corrected chi connectivity index (χ3v) is 4.75. The molecule has 2 heterocycles. The average Bonchev–Trinajstić information content (AvgIpc) is 3.50. The molecule has 4 rings (SSSR count). The highest BCUT2D eigenvalue weighted by molar-refractivity contribution is 5.91. The maximum Gasteiger partial charge on any atom is 0.274 e. The number of methoxy groups -OCH3 is 1. The SMILES string of the molecule is COc1ccc(OCn2ccc(C(=O)N(C)Cc3ccc(-n4cccn4)cc3)n2)cc1. The van der Waals surface area contributed by atoms with Gasteiger partial charge < -0.3 is 14.4 Å². The van der Waals surface area contributed by atoms with E-state index < -0.39 is 0 Å². The standard InChI is InChI=1S/C23H23N5O3/c1-26(16-18-4-6-19(7-5-18)28-14-3-13-24-28)23(29)22-12-15-27(25-22)17-31-21-10-8-20(30-2)9-11-21/h3-15H,16-17H2,1-2H3. The summed E-state index contributed by atoms with van der Waals surface area (Å²) in [6.45, 7) is 0.686. The van der Waals surface area contributed by atoms with Crippen LogP contribution in [0.15, 0.2) is 79.3 Å². The molecule has 0 aliphatic rings. The van der Waals surface area contributed by atoms with E-state index in [0.717, 1.165) is 17.0 Å². The topological polar surface area (TPSA) is 74.4 Å². The van der Waals surface area contributed by atoms with E-state index >= 15 is 0 Å². The fourth-order valence-electron chi connectivity index (χ4n) is 3.08. The molecule has 0 unspecified atom stereocenters. The number of carbonyl (C=O) groups excluding carboxylic acids is 1. The molecule has 0 radical (unpaired) electrons. The van der Waals surface area contributed by atoms with Crippen molar-refractivity contribution in [1.29, 1.82) is 0 Å². The van der Waals surface area contributed by atoms with Crippen molar-refractivity contribution in [3.8, 4) is 17.2 Å². The van der Waals surface area contributed by atoms with Gasteiger partial charge in [0, 0.05) is 32.2 Å². The molecule has 1 amide bonds. The second kappa shape index (κ2) is 9.17. The molecule has 2 aromatic heterocycles. The van der Waals surface area contributed by atoms with Crippen molar-refractivity contribution in [2.24, 2.45) is 0 Å². The minimum Gasteiger partial charge on any atom is -0.497 e. The first-order valence-electron chi connectivity index (χ1n) is 9.77. The zero-order valence-corrected chi connectivity index (χ0v) is 17.4. The lowest BCUT2D eigenvalue weighted by Gasteiger charge is -2.16. The van der Waals surface area contributed by atoms with Crippen LogP contribution in [0.3, 0.4) is 0 Å². The van der Waals surface area contributed by atoms with Crippen LogP contribution in [0.4, 0.5) is 0 Å². The zero-order chi connectivity index (χ0) is 21.6. The van der Waals surface area contributed by atoms with Gasteiger partial charge in [0.2, 0.25) is 0 Å². The summed E-state index contributed by atoms with van der Waals surface area (Å²) in [5.41, 5.74) is 2.36. The van der Waals surface area contributed by atoms with Gasteiger partial charge in [-0.2, -0.15) is 10.2 Å². The summed E-state index contributed by atoms with van der Waals surface area (Å²) in [6.07, 6.45) is 5.35. The molecule has 0 atom stereocenters. The van der Waals surface area contributed by atoms with Gasteiger partial charge in [0.1, 0.15) is 11.5 Å². The Labute approximate surface area is 180 Å². The number of aromatic nitrogens is 4. The van der Waals surface area contributed by atoms with Crippen molar-refractivity contribution in [1.82, 2.24) is 24.5 Å². The van der Waals surface area contributed by atoms with Gasteiger partial charge in [0.15, 0.2) is 12.4 Å². The van der Waals surface area contributed by atoms with Crippen molar-refractivity contribution in [3.05, 3.63) is 90.5 Å². The Morgan fingerprint density at radius 1 is 1.00 bits per heavy atom. The predicted molar refractivity (Wildman–Crippen MR) is 115 cm³/mol. The van der Waals surface area contributed by atoms with Crippen molar-refractivity contribution in [3.63, 3.8) is 0 Å². The first-order valence-corrected chi connectivity index (χ1v) is 9.77. The third-order valence-electron chi connectivity index (χ3n) is 4.75. The van der Waals surface area contributed by atoms with Crippen LogP contribution in [0.1, 0.15) is 16.1 Å². The highest BCUT2D eigenvalue weighted by atomic mass is 16.5. The van der Waals surface area contributed by atoms with E-state index in [1.165, 1.54) is 0 Å². The summed E-state index contributed by atoms with van der Waals surface area (Å²) >= 11 is 0. The molecule has 31 heavy (non-hydrogen) atoms. The van der Waals surface area contributed by atoms with Crippen molar-refractivity contribution >= 4 is 5.91 Å². The summed E-state index contributed by atoms with van der Waals surface area (Å²) in [7, 11) is 3.38. The fourth-order valence-corrected chi connectivity index (χ4v) is 3.08. The molecule has 0 saturated heterocycles. The van der Waals surface area contributed by atoms with E-state index in [2.05, 4.69) is 10.2 Å². The Morgan fingerprint density at radius 3 is 2.42 bits per heavy atom. The second-order valence-electron chi connectivity index (χ2n) is 6.97. The number of rotatable bonds is 8. The van der Waals surface area contributed by atoms with Gasteiger partial charge in [0.25, 0.3) is 5.91 Å². The first-order chi connectivity index (χ1) is 15.1. The molecule has 0 saturated carbocycles. The first kappa shape index (κ1) is 20.2. The summed E-state index contributed by atoms with van der Waals surface area (Å²) in [4.78, 5) is 14.4. The lowest BCUT2D eigenvalue weighted by Crippen LogP contribution is -2.26. The highest BCUT2D eigenvalue weighted by Crippen LogP contribution is 2.17. The van der Waals surface area contributed by atoms with Crippen LogP contribution in [0, 0.1) is 0 Å². The molecular formula is C23H23N5O3. The number of benzene rings is 2. The van der Waals surface area contributed by atoms with Crippen LogP contribution in [0.2, 0.25) is 0 Å². The minimum absolute atomic E-state index is 0.153. The molecule has 8 nitrogen and oxygen atoms in total. The minimum atomic E-state index is -0.153. The van der Waals surface area contributed by atoms with Crippen LogP contribution in [0.25, 0.3) is 5.69 Å². The summed E-state index contributed by atoms with van der Waals surface area (Å²) in [5.74, 6) is 1.30. The number of carbonyl (C=O) groups is 1. The van der Waals surface area contributed by atoms with Gasteiger partial charge in [0.05, 0.1) is 12.8 Å². The van der Waals surface area contributed by atoms with Crippen LogP contribution < -0.4 is 9.47 Å². The van der Waals surface area contributed by atoms with Gasteiger partial charge in [-0.1, -0.05) is 12.1 Å². The lowest BCUT2D eigenvalue weighted by molar-refractivity contribution is 0.0777. The number of nitrogens with zero attached hydrogens (tertiary/aromatic N) is 5. The largest absolute Gasteiger partial charge is 0.497 e. The van der Waals surface area contributed by atoms with E-state index in [0.29, 0.717) is 18.0 Å². The van der Waals surface area contributed by atoms with Crippen LogP contribution >= 0.6 is 0 Å². The predicted octanol–water partition coefficient (Wildman–Crippen LogP) is 3.39. The number of hydrogen-bond acceptors (Lipinski definition) is 5. The van der Waals surface area contributed by atoms with Crippen LogP contribution in [-0.2, 0) is 13.3 Å². The quantitative estimate of drug-likeness (QED) is 0.439. The van der Waals surface area contributed by atoms with Gasteiger partial charge >= 0.3 is 0 Å². The van der Waals surface area contributed by atoms with E-state index in [1.54, 1.807) is 46.9 Å². The molecule has 0 aliphatic heterocycles. The molecule has 8 heteroatoms. The Balaban J connectivity index is 1.33. The molecule has 2 aromatic carbocycles. The van der Waals surface area contributed by atoms with Gasteiger partial charge in [-0.05, 0) is 54.1 Å².